The number of nitrogens with one attached hydrogen (secondary N) is 1. The molecule has 5 heteroatoms. The summed E-state index contributed by atoms with van der Waals surface area (Å²) >= 11 is 0. The first-order valence-corrected chi connectivity index (χ1v) is 7.22. The van der Waals surface area contributed by atoms with Crippen molar-refractivity contribution in [3.05, 3.63) is 0 Å². The van der Waals surface area contributed by atoms with Crippen molar-refractivity contribution in [1.29, 1.82) is 0 Å². The zero-order valence-electron chi connectivity index (χ0n) is 12.4. The third kappa shape index (κ3) is 4.16. The van der Waals surface area contributed by atoms with E-state index in [9.17, 15) is 4.79 Å². The van der Waals surface area contributed by atoms with E-state index in [1.807, 2.05) is 14.1 Å². The predicted molar refractivity (Wildman–Crippen MR) is 75.1 cm³/mol. The molecule has 0 bridgehead atoms. The van der Waals surface area contributed by atoms with Crippen LogP contribution in [-0.4, -0.2) is 75.2 Å². The van der Waals surface area contributed by atoms with Crippen molar-refractivity contribution < 1.29 is 9.53 Å². The Morgan fingerprint density at radius 2 is 2.00 bits per heavy atom. The Labute approximate surface area is 116 Å². The molecule has 0 unspecified atom stereocenters. The van der Waals surface area contributed by atoms with Crippen LogP contribution in [-0.2, 0) is 9.53 Å². The summed E-state index contributed by atoms with van der Waals surface area (Å²) in [5, 5.41) is 3.66. The van der Waals surface area contributed by atoms with Crippen molar-refractivity contribution in [2.75, 3.05) is 53.5 Å². The van der Waals surface area contributed by atoms with E-state index in [-0.39, 0.29) is 5.91 Å². The van der Waals surface area contributed by atoms with Crippen molar-refractivity contribution in [3.63, 3.8) is 0 Å². The van der Waals surface area contributed by atoms with Crippen LogP contribution in [0.1, 0.15) is 19.8 Å². The van der Waals surface area contributed by atoms with Gasteiger partial charge in [0.15, 0.2) is 0 Å². The van der Waals surface area contributed by atoms with Crippen LogP contribution in [0.25, 0.3) is 0 Å². The fraction of sp³-hybridized carbons (Fsp3) is 0.929. The summed E-state index contributed by atoms with van der Waals surface area (Å²) in [6.07, 6.45) is 2.27. The molecular weight excluding hydrogens is 242 g/mol. The minimum Gasteiger partial charge on any atom is -0.380 e. The molecule has 1 amide bonds. The first-order valence-electron chi connectivity index (χ1n) is 7.22. The summed E-state index contributed by atoms with van der Waals surface area (Å²) in [6.45, 7) is 7.69. The van der Waals surface area contributed by atoms with E-state index in [2.05, 4.69) is 17.1 Å². The smallest absolute Gasteiger partial charge is 0.236 e. The molecule has 0 aliphatic carbocycles. The largest absolute Gasteiger partial charge is 0.380 e. The lowest BCUT2D eigenvalue weighted by Crippen LogP contribution is -2.52. The van der Waals surface area contributed by atoms with Crippen molar-refractivity contribution in [2.45, 2.75) is 25.8 Å². The van der Waals surface area contributed by atoms with Gasteiger partial charge in [0, 0.05) is 45.2 Å². The summed E-state index contributed by atoms with van der Waals surface area (Å²) in [5.74, 6) is 0.200. The lowest BCUT2D eigenvalue weighted by Gasteiger charge is -2.40. The number of ether oxygens (including phenoxy) is 1. The van der Waals surface area contributed by atoms with Crippen LogP contribution >= 0.6 is 0 Å². The second kappa shape index (κ2) is 6.20. The van der Waals surface area contributed by atoms with Gasteiger partial charge in [0.2, 0.25) is 5.91 Å². The summed E-state index contributed by atoms with van der Waals surface area (Å²) in [7, 11) is 3.63. The fourth-order valence-electron chi connectivity index (χ4n) is 2.57. The Morgan fingerprint density at radius 3 is 2.47 bits per heavy atom. The SMILES string of the molecule is CN(C)C(=O)CN1CCC(NCC2(C)COC2)CC1. The van der Waals surface area contributed by atoms with Crippen LogP contribution in [0, 0.1) is 5.41 Å². The van der Waals surface area contributed by atoms with Gasteiger partial charge in [-0.15, -0.1) is 0 Å². The minimum absolute atomic E-state index is 0.200. The van der Waals surface area contributed by atoms with Gasteiger partial charge in [0.1, 0.15) is 0 Å². The van der Waals surface area contributed by atoms with Crippen LogP contribution in [0.5, 0.6) is 0 Å². The number of hydrogen-bond donors (Lipinski definition) is 1. The monoisotopic (exact) mass is 269 g/mol. The number of likely N-dealkylation sites (N-methyl/N-ethyl adjacent to an activating group) is 1. The number of rotatable bonds is 5. The van der Waals surface area contributed by atoms with Gasteiger partial charge >= 0.3 is 0 Å². The Kier molecular flexibility index (Phi) is 4.81. The molecule has 2 saturated heterocycles. The first kappa shape index (κ1) is 14.8. The highest BCUT2D eigenvalue weighted by molar-refractivity contribution is 5.77. The van der Waals surface area contributed by atoms with Crippen LogP contribution in [0.3, 0.4) is 0 Å². The maximum absolute atomic E-state index is 11.7. The number of carbonyl (C=O) groups excluding carboxylic acids is 1. The third-order valence-electron chi connectivity index (χ3n) is 4.16. The van der Waals surface area contributed by atoms with Gasteiger partial charge in [-0.2, -0.15) is 0 Å². The highest BCUT2D eigenvalue weighted by Crippen LogP contribution is 2.25. The average molecular weight is 269 g/mol. The Morgan fingerprint density at radius 1 is 1.37 bits per heavy atom. The van der Waals surface area contributed by atoms with Crippen molar-refractivity contribution in [3.8, 4) is 0 Å². The molecule has 1 N–H and O–H groups in total. The van der Waals surface area contributed by atoms with Crippen LogP contribution in [0.4, 0.5) is 0 Å². The number of amides is 1. The van der Waals surface area contributed by atoms with E-state index in [0.29, 0.717) is 18.0 Å². The molecule has 2 aliphatic heterocycles. The van der Waals surface area contributed by atoms with Gasteiger partial charge in [0.05, 0.1) is 19.8 Å². The van der Waals surface area contributed by atoms with E-state index in [4.69, 9.17) is 4.74 Å². The quantitative estimate of drug-likeness (QED) is 0.772. The molecule has 110 valence electrons. The molecule has 0 radical (unpaired) electrons. The standard InChI is InChI=1S/C14H27N3O2/c1-14(10-19-11-14)9-15-12-4-6-17(7-5-12)8-13(18)16(2)3/h12,15H,4-11H2,1-3H3. The summed E-state index contributed by atoms with van der Waals surface area (Å²) in [6, 6.07) is 0.600. The normalized spacial score (nSPS) is 23.9. The Balaban J connectivity index is 1.63. The second-order valence-electron chi connectivity index (χ2n) is 6.52. The molecule has 0 atom stereocenters. The maximum atomic E-state index is 11.7. The molecule has 0 aromatic rings. The van der Waals surface area contributed by atoms with Crippen LogP contribution in [0.15, 0.2) is 0 Å². The van der Waals surface area contributed by atoms with Gasteiger partial charge < -0.3 is 15.0 Å². The summed E-state index contributed by atoms with van der Waals surface area (Å²) < 4.78 is 5.27. The number of piperidine rings is 1. The molecule has 2 aliphatic rings. The second-order valence-corrected chi connectivity index (χ2v) is 6.52. The molecule has 0 aromatic carbocycles. The van der Waals surface area contributed by atoms with E-state index in [1.165, 1.54) is 0 Å². The fourth-order valence-corrected chi connectivity index (χ4v) is 2.57. The predicted octanol–water partition coefficient (Wildman–Crippen LogP) is 0.165. The molecule has 0 spiro atoms. The lowest BCUT2D eigenvalue weighted by atomic mass is 9.88. The number of nitrogens with zero attached hydrogens (tertiary/aromatic N) is 2. The summed E-state index contributed by atoms with van der Waals surface area (Å²) in [4.78, 5) is 15.6. The average Bonchev–Trinajstić information content (AvgIpc) is 2.35. The van der Waals surface area contributed by atoms with E-state index < -0.39 is 0 Å². The topological polar surface area (TPSA) is 44.8 Å². The van der Waals surface area contributed by atoms with Gasteiger partial charge in [-0.3, -0.25) is 9.69 Å². The van der Waals surface area contributed by atoms with Gasteiger partial charge in [0.25, 0.3) is 0 Å². The third-order valence-corrected chi connectivity index (χ3v) is 4.16. The molecule has 0 aromatic heterocycles. The van der Waals surface area contributed by atoms with Crippen LogP contribution in [0.2, 0.25) is 0 Å². The highest BCUT2D eigenvalue weighted by atomic mass is 16.5. The van der Waals surface area contributed by atoms with Crippen LogP contribution < -0.4 is 5.32 Å². The van der Waals surface area contributed by atoms with Gasteiger partial charge in [-0.1, -0.05) is 6.92 Å². The van der Waals surface area contributed by atoms with Crippen molar-refractivity contribution in [2.24, 2.45) is 5.41 Å². The summed E-state index contributed by atoms with van der Waals surface area (Å²) in [5.41, 5.74) is 0.345. The van der Waals surface area contributed by atoms with E-state index in [1.54, 1.807) is 4.90 Å². The molecule has 2 fully saturated rings. The van der Waals surface area contributed by atoms with E-state index in [0.717, 1.165) is 45.7 Å². The zero-order valence-corrected chi connectivity index (χ0v) is 12.4. The zero-order chi connectivity index (χ0) is 13.9. The highest BCUT2D eigenvalue weighted by Gasteiger charge is 2.34. The van der Waals surface area contributed by atoms with Gasteiger partial charge in [-0.05, 0) is 12.8 Å². The van der Waals surface area contributed by atoms with Crippen molar-refractivity contribution in [1.82, 2.24) is 15.1 Å². The minimum atomic E-state index is 0.200. The maximum Gasteiger partial charge on any atom is 0.236 e. The van der Waals surface area contributed by atoms with Gasteiger partial charge in [-0.25, -0.2) is 0 Å². The Bertz CT molecular complexity index is 308. The lowest BCUT2D eigenvalue weighted by molar-refractivity contribution is -0.130. The van der Waals surface area contributed by atoms with Crippen molar-refractivity contribution >= 4 is 5.91 Å². The first-order chi connectivity index (χ1) is 8.98. The molecular formula is C14H27N3O2. The Hall–Kier alpha value is -0.650. The molecule has 0 saturated carbocycles. The molecule has 5 nitrogen and oxygen atoms in total. The van der Waals surface area contributed by atoms with E-state index >= 15 is 0 Å². The molecule has 2 heterocycles. The molecule has 19 heavy (non-hydrogen) atoms. The molecule has 2 rings (SSSR count). The number of hydrogen-bond acceptors (Lipinski definition) is 4. The number of carbonyl (C=O) groups is 1. The number of likely N-dealkylation sites (tertiary alicyclic amines) is 1.